The van der Waals surface area contributed by atoms with Crippen molar-refractivity contribution in [1.29, 1.82) is 5.26 Å². The van der Waals surface area contributed by atoms with Crippen LogP contribution in [0.25, 0.3) is 0 Å². The molecule has 1 N–H and O–H groups in total. The molecule has 1 aromatic carbocycles. The maximum Gasteiger partial charge on any atom is 0.410 e. The first-order chi connectivity index (χ1) is 12.3. The molecule has 1 fully saturated rings. The van der Waals surface area contributed by atoms with Gasteiger partial charge >= 0.3 is 6.09 Å². The third-order valence-corrected chi connectivity index (χ3v) is 4.28. The summed E-state index contributed by atoms with van der Waals surface area (Å²) in [6, 6.07) is 9.19. The Bertz CT molecular complexity index is 640. The molecule has 0 unspecified atom stereocenters. The van der Waals surface area contributed by atoms with E-state index in [9.17, 15) is 9.90 Å². The van der Waals surface area contributed by atoms with E-state index in [0.29, 0.717) is 36.9 Å². The fraction of sp³-hybridized carbons (Fsp3) is 0.600. The molecule has 1 saturated heterocycles. The second-order valence-electron chi connectivity index (χ2n) is 7.67. The number of piperidine rings is 1. The number of likely N-dealkylation sites (tertiary alicyclic amines) is 1. The summed E-state index contributed by atoms with van der Waals surface area (Å²) in [6.07, 6.45) is 0.759. The Morgan fingerprint density at radius 3 is 2.69 bits per heavy atom. The van der Waals surface area contributed by atoms with Gasteiger partial charge in [-0.25, -0.2) is 4.79 Å². The molecular weight excluding hydrogens is 332 g/mol. The van der Waals surface area contributed by atoms with Crippen molar-refractivity contribution in [3.8, 4) is 11.8 Å². The first-order valence-electron chi connectivity index (χ1n) is 9.04. The quantitative estimate of drug-likeness (QED) is 0.866. The third kappa shape index (κ3) is 6.23. The monoisotopic (exact) mass is 360 g/mol. The maximum atomic E-state index is 12.1. The molecular formula is C20H28N2O4. The van der Waals surface area contributed by atoms with Crippen LogP contribution in [0, 0.1) is 17.2 Å². The Morgan fingerprint density at radius 2 is 2.08 bits per heavy atom. The van der Waals surface area contributed by atoms with Gasteiger partial charge in [-0.05, 0) is 57.2 Å². The lowest BCUT2D eigenvalue weighted by Crippen LogP contribution is -2.42. The van der Waals surface area contributed by atoms with E-state index in [1.54, 1.807) is 17.0 Å². The molecule has 0 aromatic heterocycles. The molecule has 1 aliphatic heterocycles. The van der Waals surface area contributed by atoms with Gasteiger partial charge in [0, 0.05) is 13.1 Å². The van der Waals surface area contributed by atoms with E-state index in [1.807, 2.05) is 39.0 Å². The highest BCUT2D eigenvalue weighted by atomic mass is 16.6. The number of aliphatic hydroxyl groups is 1. The fourth-order valence-electron chi connectivity index (χ4n) is 2.84. The molecule has 0 bridgehead atoms. The Hall–Kier alpha value is -2.26. The standard InChI is InChI=1S/C20H28N2O4/c1-20(2,3)26-19(24)22-11-8-15(9-12-22)14-25-17-6-4-5-16(13-17)18(23)7-10-21/h4-6,13,15,18,23H,7-9,11-12,14H2,1-3H3/t18-/m1/s1. The van der Waals surface area contributed by atoms with Gasteiger partial charge in [0.05, 0.1) is 25.2 Å². The summed E-state index contributed by atoms with van der Waals surface area (Å²) in [7, 11) is 0. The first-order valence-corrected chi connectivity index (χ1v) is 9.04. The summed E-state index contributed by atoms with van der Waals surface area (Å²) in [6.45, 7) is 7.52. The van der Waals surface area contributed by atoms with Crippen LogP contribution in [0.1, 0.15) is 51.7 Å². The van der Waals surface area contributed by atoms with Crippen LogP contribution in [-0.2, 0) is 4.74 Å². The summed E-state index contributed by atoms with van der Waals surface area (Å²) in [4.78, 5) is 13.8. The van der Waals surface area contributed by atoms with Gasteiger partial charge in [0.25, 0.3) is 0 Å². The zero-order valence-corrected chi connectivity index (χ0v) is 15.8. The van der Waals surface area contributed by atoms with Gasteiger partial charge in [-0.15, -0.1) is 0 Å². The van der Waals surface area contributed by atoms with Gasteiger partial charge in [-0.3, -0.25) is 0 Å². The number of ether oxygens (including phenoxy) is 2. The van der Waals surface area contributed by atoms with Crippen LogP contribution < -0.4 is 4.74 Å². The summed E-state index contributed by atoms with van der Waals surface area (Å²) in [5.41, 5.74) is 0.210. The first kappa shape index (κ1) is 20.1. The van der Waals surface area contributed by atoms with Crippen LogP contribution >= 0.6 is 0 Å². The van der Waals surface area contributed by atoms with Gasteiger partial charge < -0.3 is 19.5 Å². The molecule has 1 atom stereocenters. The Labute approximate surface area is 155 Å². The zero-order valence-electron chi connectivity index (χ0n) is 15.8. The lowest BCUT2D eigenvalue weighted by Gasteiger charge is -2.33. The van der Waals surface area contributed by atoms with Crippen molar-refractivity contribution in [2.24, 2.45) is 5.92 Å². The van der Waals surface area contributed by atoms with Crippen molar-refractivity contribution in [3.05, 3.63) is 29.8 Å². The zero-order chi connectivity index (χ0) is 19.2. The van der Waals surface area contributed by atoms with Gasteiger partial charge in [0.2, 0.25) is 0 Å². The maximum absolute atomic E-state index is 12.1. The summed E-state index contributed by atoms with van der Waals surface area (Å²) < 4.78 is 11.3. The van der Waals surface area contributed by atoms with Crippen LogP contribution in [-0.4, -0.2) is 41.4 Å². The largest absolute Gasteiger partial charge is 0.493 e. The number of hydrogen-bond donors (Lipinski definition) is 1. The lowest BCUT2D eigenvalue weighted by atomic mass is 9.98. The van der Waals surface area contributed by atoms with E-state index in [4.69, 9.17) is 14.7 Å². The molecule has 1 amide bonds. The highest BCUT2D eigenvalue weighted by Crippen LogP contribution is 2.24. The van der Waals surface area contributed by atoms with Crippen molar-refractivity contribution in [2.45, 2.75) is 51.7 Å². The van der Waals surface area contributed by atoms with Crippen molar-refractivity contribution in [1.82, 2.24) is 4.90 Å². The topological polar surface area (TPSA) is 82.8 Å². The fourth-order valence-corrected chi connectivity index (χ4v) is 2.84. The van der Waals surface area contributed by atoms with Crippen molar-refractivity contribution in [3.63, 3.8) is 0 Å². The third-order valence-electron chi connectivity index (χ3n) is 4.28. The molecule has 0 radical (unpaired) electrons. The molecule has 2 rings (SSSR count). The normalized spacial score (nSPS) is 16.7. The van der Waals surface area contributed by atoms with E-state index in [0.717, 1.165) is 12.8 Å². The van der Waals surface area contributed by atoms with Crippen molar-refractivity contribution < 1.29 is 19.4 Å². The molecule has 6 heteroatoms. The Morgan fingerprint density at radius 1 is 1.38 bits per heavy atom. The molecule has 1 heterocycles. The molecule has 26 heavy (non-hydrogen) atoms. The minimum absolute atomic E-state index is 0.0621. The van der Waals surface area contributed by atoms with E-state index in [1.165, 1.54) is 0 Å². The highest BCUT2D eigenvalue weighted by Gasteiger charge is 2.27. The molecule has 1 aromatic rings. The number of aliphatic hydroxyl groups excluding tert-OH is 1. The summed E-state index contributed by atoms with van der Waals surface area (Å²) in [5, 5.41) is 18.6. The minimum Gasteiger partial charge on any atom is -0.493 e. The molecule has 0 saturated carbocycles. The number of nitriles is 1. The number of amides is 1. The molecule has 6 nitrogen and oxygen atoms in total. The van der Waals surface area contributed by atoms with Crippen molar-refractivity contribution >= 4 is 6.09 Å². The molecule has 0 spiro atoms. The Balaban J connectivity index is 1.79. The summed E-state index contributed by atoms with van der Waals surface area (Å²) >= 11 is 0. The predicted octanol–water partition coefficient (Wildman–Crippen LogP) is 3.66. The number of benzene rings is 1. The second kappa shape index (κ2) is 8.91. The summed E-state index contributed by atoms with van der Waals surface area (Å²) in [5.74, 6) is 1.07. The van der Waals surface area contributed by atoms with Crippen LogP contribution in [0.2, 0.25) is 0 Å². The lowest BCUT2D eigenvalue weighted by molar-refractivity contribution is 0.0165. The average Bonchev–Trinajstić information content (AvgIpc) is 2.59. The van der Waals surface area contributed by atoms with Crippen LogP contribution in [0.5, 0.6) is 5.75 Å². The van der Waals surface area contributed by atoms with Gasteiger partial charge in [0.1, 0.15) is 11.4 Å². The van der Waals surface area contributed by atoms with E-state index >= 15 is 0 Å². The number of carbonyl (C=O) groups excluding carboxylic acids is 1. The van der Waals surface area contributed by atoms with Gasteiger partial charge in [-0.2, -0.15) is 5.26 Å². The minimum atomic E-state index is -0.791. The van der Waals surface area contributed by atoms with Crippen LogP contribution in [0.3, 0.4) is 0 Å². The van der Waals surface area contributed by atoms with Gasteiger partial charge in [0.15, 0.2) is 0 Å². The molecule has 142 valence electrons. The Kier molecular flexibility index (Phi) is 6.87. The number of rotatable bonds is 5. The molecule has 0 aliphatic carbocycles. The highest BCUT2D eigenvalue weighted by molar-refractivity contribution is 5.68. The number of nitrogens with zero attached hydrogens (tertiary/aromatic N) is 2. The van der Waals surface area contributed by atoms with Gasteiger partial charge in [-0.1, -0.05) is 12.1 Å². The van der Waals surface area contributed by atoms with Crippen LogP contribution in [0.15, 0.2) is 24.3 Å². The van der Waals surface area contributed by atoms with E-state index in [2.05, 4.69) is 0 Å². The SMILES string of the molecule is CC(C)(C)OC(=O)N1CCC(COc2cccc([C@H](O)CC#N)c2)CC1. The predicted molar refractivity (Wildman–Crippen MR) is 97.7 cm³/mol. The molecule has 1 aliphatic rings. The van der Waals surface area contributed by atoms with Crippen molar-refractivity contribution in [2.75, 3.05) is 19.7 Å². The smallest absolute Gasteiger partial charge is 0.410 e. The van der Waals surface area contributed by atoms with Crippen LogP contribution in [0.4, 0.5) is 4.79 Å². The second-order valence-corrected chi connectivity index (χ2v) is 7.67. The number of hydrogen-bond acceptors (Lipinski definition) is 5. The van der Waals surface area contributed by atoms with E-state index in [-0.39, 0.29) is 12.5 Å². The number of carbonyl (C=O) groups is 1. The van der Waals surface area contributed by atoms with E-state index < -0.39 is 11.7 Å². The average molecular weight is 360 g/mol.